The fourth-order valence-electron chi connectivity index (χ4n) is 5.08. The van der Waals surface area contributed by atoms with Gasteiger partial charge in [-0.05, 0) is 63.3 Å². The van der Waals surface area contributed by atoms with Gasteiger partial charge in [0, 0.05) is 22.6 Å². The van der Waals surface area contributed by atoms with Gasteiger partial charge >= 0.3 is 0 Å². The Balaban J connectivity index is 5.92. The zero-order valence-corrected chi connectivity index (χ0v) is 26.1. The van der Waals surface area contributed by atoms with E-state index in [1.807, 2.05) is 0 Å². The molecule has 0 saturated carbocycles. The zero-order valence-electron chi connectivity index (χ0n) is 23.1. The van der Waals surface area contributed by atoms with Crippen LogP contribution in [0.2, 0.25) is 69.5 Å². The molecule has 2 nitrogen and oxygen atoms in total. The molecule has 0 fully saturated rings. The quantitative estimate of drug-likeness (QED) is 0.175. The molecule has 0 amide bonds. The summed E-state index contributed by atoms with van der Waals surface area (Å²) in [6.45, 7) is 29.6. The molecule has 0 rings (SSSR count). The van der Waals surface area contributed by atoms with Gasteiger partial charge in [0.05, 0.1) is 11.7 Å². The van der Waals surface area contributed by atoms with Crippen molar-refractivity contribution in [2.75, 3.05) is 0 Å². The van der Waals surface area contributed by atoms with Gasteiger partial charge in [0.25, 0.3) is 0 Å². The summed E-state index contributed by atoms with van der Waals surface area (Å²) in [4.78, 5) is 0. The Morgan fingerprint density at radius 3 is 1.71 bits per heavy atom. The van der Waals surface area contributed by atoms with Gasteiger partial charge in [-0.25, -0.2) is 0 Å². The van der Waals surface area contributed by atoms with Gasteiger partial charge in [-0.2, -0.15) is 0 Å². The van der Waals surface area contributed by atoms with Crippen LogP contribution in [-0.4, -0.2) is 41.3 Å². The standard InChI is InChI=1S/C26H56O2Si3/c1-13-31(14-2,15-3)28-25(19-24(6)18-16-17-23(4)5)20-26(27,21-29(7,8)9)22-30(10,11)12/h19,25,27H,4,13-18,20-22H2,1-3,5-12H3/b24-19+/t25-/m1/s1. The first kappa shape index (κ1) is 31.1. The highest BCUT2D eigenvalue weighted by molar-refractivity contribution is 6.78. The molecular formula is C26H56O2Si3. The first-order valence-corrected chi connectivity index (χ1v) is 22.6. The van der Waals surface area contributed by atoms with Gasteiger partial charge in [0.2, 0.25) is 0 Å². The maximum Gasteiger partial charge on any atom is 0.192 e. The molecule has 0 aliphatic heterocycles. The molecule has 0 aromatic rings. The average Bonchev–Trinajstić information content (AvgIpc) is 2.55. The van der Waals surface area contributed by atoms with Crippen LogP contribution in [-0.2, 0) is 4.43 Å². The van der Waals surface area contributed by atoms with Crippen LogP contribution >= 0.6 is 0 Å². The molecule has 31 heavy (non-hydrogen) atoms. The normalized spacial score (nSPS) is 15.3. The second-order valence-electron chi connectivity index (χ2n) is 12.6. The summed E-state index contributed by atoms with van der Waals surface area (Å²) in [6.07, 6.45) is 6.50. The van der Waals surface area contributed by atoms with Crippen LogP contribution in [0.5, 0.6) is 0 Å². The lowest BCUT2D eigenvalue weighted by Gasteiger charge is -2.41. The van der Waals surface area contributed by atoms with Crippen LogP contribution in [0, 0.1) is 0 Å². The number of aliphatic hydroxyl groups is 1. The molecule has 184 valence electrons. The highest BCUT2D eigenvalue weighted by Gasteiger charge is 2.41. The van der Waals surface area contributed by atoms with E-state index in [0.717, 1.165) is 55.9 Å². The van der Waals surface area contributed by atoms with Gasteiger partial charge in [0.1, 0.15) is 0 Å². The van der Waals surface area contributed by atoms with E-state index in [0.29, 0.717) is 0 Å². The van der Waals surface area contributed by atoms with Crippen molar-refractivity contribution in [1.29, 1.82) is 0 Å². The van der Waals surface area contributed by atoms with E-state index >= 15 is 0 Å². The SMILES string of the molecule is C=C(C)CCC/C(C)=C/[C@H](CC(O)(C[Si](C)(C)C)C[Si](C)(C)C)O[Si](CC)(CC)CC. The Morgan fingerprint density at radius 1 is 0.903 bits per heavy atom. The minimum Gasteiger partial charge on any atom is -0.410 e. The molecule has 0 bridgehead atoms. The molecule has 0 unspecified atom stereocenters. The van der Waals surface area contributed by atoms with Crippen molar-refractivity contribution < 1.29 is 9.53 Å². The fourth-order valence-corrected chi connectivity index (χ4v) is 12.6. The van der Waals surface area contributed by atoms with Crippen molar-refractivity contribution >= 4 is 24.5 Å². The monoisotopic (exact) mass is 484 g/mol. The Kier molecular flexibility index (Phi) is 13.1. The largest absolute Gasteiger partial charge is 0.410 e. The van der Waals surface area contributed by atoms with Crippen LogP contribution in [0.3, 0.4) is 0 Å². The third kappa shape index (κ3) is 14.0. The predicted octanol–water partition coefficient (Wildman–Crippen LogP) is 8.87. The topological polar surface area (TPSA) is 29.5 Å². The van der Waals surface area contributed by atoms with Crippen molar-refractivity contribution in [3.05, 3.63) is 23.8 Å². The summed E-state index contributed by atoms with van der Waals surface area (Å²) in [6, 6.07) is 5.38. The van der Waals surface area contributed by atoms with Crippen LogP contribution in [0.1, 0.15) is 60.3 Å². The van der Waals surface area contributed by atoms with E-state index < -0.39 is 30.1 Å². The summed E-state index contributed by atoms with van der Waals surface area (Å²) < 4.78 is 7.02. The van der Waals surface area contributed by atoms with Crippen molar-refractivity contribution in [2.24, 2.45) is 0 Å². The lowest BCUT2D eigenvalue weighted by molar-refractivity contribution is 0.0343. The maximum atomic E-state index is 12.0. The summed E-state index contributed by atoms with van der Waals surface area (Å²) in [7, 11) is -4.60. The van der Waals surface area contributed by atoms with Crippen molar-refractivity contribution in [1.82, 2.24) is 0 Å². The molecule has 0 radical (unpaired) electrons. The highest BCUT2D eigenvalue weighted by Crippen LogP contribution is 2.36. The highest BCUT2D eigenvalue weighted by atomic mass is 28.4. The molecule has 0 spiro atoms. The molecule has 0 saturated heterocycles. The smallest absolute Gasteiger partial charge is 0.192 e. The van der Waals surface area contributed by atoms with Crippen molar-refractivity contribution in [2.45, 2.75) is 142 Å². The zero-order chi connectivity index (χ0) is 24.5. The summed E-state index contributed by atoms with van der Waals surface area (Å²) in [5, 5.41) is 12.0. The molecule has 0 aliphatic rings. The molecule has 0 aromatic carbocycles. The van der Waals surface area contributed by atoms with Crippen LogP contribution in [0.4, 0.5) is 0 Å². The Bertz CT molecular complexity index is 542. The number of hydrogen-bond donors (Lipinski definition) is 1. The Labute approximate surface area is 199 Å². The van der Waals surface area contributed by atoms with Gasteiger partial charge < -0.3 is 9.53 Å². The first-order valence-electron chi connectivity index (χ1n) is 12.7. The van der Waals surface area contributed by atoms with E-state index in [9.17, 15) is 5.11 Å². The Morgan fingerprint density at radius 2 is 1.35 bits per heavy atom. The fraction of sp³-hybridized carbons (Fsp3) is 0.846. The Hall–Kier alpha value is 0.0506. The molecule has 0 aliphatic carbocycles. The summed E-state index contributed by atoms with van der Waals surface area (Å²) >= 11 is 0. The lowest BCUT2D eigenvalue weighted by atomic mass is 9.97. The minimum atomic E-state index is -1.76. The van der Waals surface area contributed by atoms with E-state index in [1.54, 1.807) is 0 Å². The second-order valence-corrected chi connectivity index (χ2v) is 28.3. The third-order valence-electron chi connectivity index (χ3n) is 6.28. The second kappa shape index (κ2) is 13.1. The van der Waals surface area contributed by atoms with Crippen molar-refractivity contribution in [3.63, 3.8) is 0 Å². The molecular weight excluding hydrogens is 429 g/mol. The molecule has 1 N–H and O–H groups in total. The van der Waals surface area contributed by atoms with Crippen molar-refractivity contribution in [3.8, 4) is 0 Å². The summed E-state index contributed by atoms with van der Waals surface area (Å²) in [5.74, 6) is 0. The molecule has 5 heteroatoms. The van der Waals surface area contributed by atoms with E-state index in [1.165, 1.54) is 11.1 Å². The van der Waals surface area contributed by atoms with E-state index in [-0.39, 0.29) is 6.10 Å². The molecule has 0 aromatic heterocycles. The van der Waals surface area contributed by atoms with Gasteiger partial charge in [-0.1, -0.05) is 77.3 Å². The predicted molar refractivity (Wildman–Crippen MR) is 150 cm³/mol. The average molecular weight is 485 g/mol. The van der Waals surface area contributed by atoms with Gasteiger partial charge in [0.15, 0.2) is 8.32 Å². The van der Waals surface area contributed by atoms with E-state index in [4.69, 9.17) is 4.43 Å². The van der Waals surface area contributed by atoms with Crippen LogP contribution in [0.25, 0.3) is 0 Å². The van der Waals surface area contributed by atoms with Gasteiger partial charge in [-0.3, -0.25) is 0 Å². The number of rotatable bonds is 16. The van der Waals surface area contributed by atoms with Crippen LogP contribution < -0.4 is 0 Å². The number of hydrogen-bond acceptors (Lipinski definition) is 2. The maximum absolute atomic E-state index is 12.0. The molecule has 1 atom stereocenters. The molecule has 0 heterocycles. The van der Waals surface area contributed by atoms with E-state index in [2.05, 4.69) is 86.6 Å². The van der Waals surface area contributed by atoms with Crippen LogP contribution in [0.15, 0.2) is 23.8 Å². The van der Waals surface area contributed by atoms with Gasteiger partial charge in [-0.15, -0.1) is 6.58 Å². The first-order chi connectivity index (χ1) is 14.0. The lowest BCUT2D eigenvalue weighted by Crippen LogP contribution is -2.48. The summed E-state index contributed by atoms with van der Waals surface area (Å²) in [5.41, 5.74) is 2.05. The number of allylic oxidation sites excluding steroid dienone is 2. The minimum absolute atomic E-state index is 0.0362. The third-order valence-corrected chi connectivity index (χ3v) is 14.4.